The molecule has 0 aliphatic heterocycles. The molecule has 2 aromatic rings. The highest BCUT2D eigenvalue weighted by Gasteiger charge is 2.14. The van der Waals surface area contributed by atoms with Crippen LogP contribution in [0.15, 0.2) is 59.5 Å². The Morgan fingerprint density at radius 1 is 1.00 bits per heavy atom. The minimum Gasteiger partial charge on any atom is -0.462 e. The number of carbonyl (C=O) groups excluding carboxylic acids is 1. The van der Waals surface area contributed by atoms with E-state index < -0.39 is 15.8 Å². The summed E-state index contributed by atoms with van der Waals surface area (Å²) in [5.74, 6) is -0.477. The Morgan fingerprint density at radius 2 is 1.64 bits per heavy atom. The Hall–Kier alpha value is -2.14. The number of ether oxygens (including phenoxy) is 1. The Bertz CT molecular complexity index is 719. The van der Waals surface area contributed by atoms with Gasteiger partial charge in [-0.05, 0) is 37.6 Å². The number of sulfone groups is 1. The van der Waals surface area contributed by atoms with Crippen LogP contribution in [0.1, 0.15) is 22.3 Å². The molecular weight excluding hydrogens is 300 g/mol. The van der Waals surface area contributed by atoms with Gasteiger partial charge in [0.25, 0.3) is 0 Å². The largest absolute Gasteiger partial charge is 0.462 e. The number of benzene rings is 2. The number of rotatable bonds is 6. The molecule has 0 aliphatic rings. The molecule has 0 amide bonds. The van der Waals surface area contributed by atoms with Crippen LogP contribution in [0.4, 0.5) is 0 Å². The molecule has 22 heavy (non-hydrogen) atoms. The van der Waals surface area contributed by atoms with Gasteiger partial charge in [0.05, 0.1) is 22.8 Å². The summed E-state index contributed by atoms with van der Waals surface area (Å²) in [6.07, 6.45) is 0.273. The van der Waals surface area contributed by atoms with Crippen molar-refractivity contribution in [1.29, 1.82) is 0 Å². The van der Waals surface area contributed by atoms with Crippen LogP contribution in [-0.2, 0) is 14.6 Å². The van der Waals surface area contributed by atoms with Crippen LogP contribution in [0.5, 0.6) is 0 Å². The molecule has 0 N–H and O–H groups in total. The minimum absolute atomic E-state index is 0.0435. The number of aryl methyl sites for hydroxylation is 1. The van der Waals surface area contributed by atoms with E-state index in [-0.39, 0.29) is 18.8 Å². The predicted octanol–water partition coefficient (Wildman–Crippen LogP) is 3.02. The van der Waals surface area contributed by atoms with E-state index in [9.17, 15) is 13.2 Å². The van der Waals surface area contributed by atoms with Crippen molar-refractivity contribution in [3.05, 3.63) is 65.7 Å². The van der Waals surface area contributed by atoms with Crippen molar-refractivity contribution in [2.75, 3.05) is 12.4 Å². The standard InChI is InChI=1S/C17H18O4S/c1-14-8-10-15(11-9-14)17(18)21-12-5-13-22(19,20)16-6-3-2-4-7-16/h2-4,6-11H,5,12-13H2,1H3. The monoisotopic (exact) mass is 318 g/mol. The molecule has 0 atom stereocenters. The molecule has 116 valence electrons. The van der Waals surface area contributed by atoms with E-state index in [1.54, 1.807) is 42.5 Å². The summed E-state index contributed by atoms with van der Waals surface area (Å²) in [5, 5.41) is 0. The Labute approximate surface area is 130 Å². The number of hydrogen-bond acceptors (Lipinski definition) is 4. The Balaban J connectivity index is 1.82. The smallest absolute Gasteiger partial charge is 0.338 e. The van der Waals surface area contributed by atoms with Crippen molar-refractivity contribution in [1.82, 2.24) is 0 Å². The van der Waals surface area contributed by atoms with Crippen LogP contribution >= 0.6 is 0 Å². The summed E-state index contributed by atoms with van der Waals surface area (Å²) in [5.41, 5.74) is 1.53. The highest BCUT2D eigenvalue weighted by atomic mass is 32.2. The van der Waals surface area contributed by atoms with Gasteiger partial charge in [-0.1, -0.05) is 35.9 Å². The maximum atomic E-state index is 12.0. The van der Waals surface area contributed by atoms with Gasteiger partial charge in [-0.15, -0.1) is 0 Å². The van der Waals surface area contributed by atoms with E-state index in [1.807, 2.05) is 19.1 Å². The Morgan fingerprint density at radius 3 is 2.27 bits per heavy atom. The van der Waals surface area contributed by atoms with Crippen LogP contribution in [0.3, 0.4) is 0 Å². The van der Waals surface area contributed by atoms with Crippen molar-refractivity contribution >= 4 is 15.8 Å². The van der Waals surface area contributed by atoms with Gasteiger partial charge in [0.1, 0.15) is 0 Å². The van der Waals surface area contributed by atoms with Crippen molar-refractivity contribution in [3.8, 4) is 0 Å². The summed E-state index contributed by atoms with van der Waals surface area (Å²) in [7, 11) is -3.32. The van der Waals surface area contributed by atoms with Crippen LogP contribution < -0.4 is 0 Å². The number of carbonyl (C=O) groups is 1. The fourth-order valence-electron chi connectivity index (χ4n) is 1.93. The van der Waals surface area contributed by atoms with Gasteiger partial charge in [0, 0.05) is 0 Å². The predicted molar refractivity (Wildman–Crippen MR) is 84.6 cm³/mol. The molecular formula is C17H18O4S. The molecule has 0 saturated heterocycles. The summed E-state index contributed by atoms with van der Waals surface area (Å²) in [6.45, 7) is 2.02. The molecule has 0 bridgehead atoms. The zero-order valence-corrected chi connectivity index (χ0v) is 13.2. The quantitative estimate of drug-likeness (QED) is 0.607. The average molecular weight is 318 g/mol. The molecule has 0 heterocycles. The van der Waals surface area contributed by atoms with Crippen LogP contribution in [0, 0.1) is 6.92 Å². The minimum atomic E-state index is -3.32. The maximum absolute atomic E-state index is 12.0. The summed E-state index contributed by atoms with van der Waals surface area (Å²) < 4.78 is 29.2. The van der Waals surface area contributed by atoms with Crippen molar-refractivity contribution in [2.24, 2.45) is 0 Å². The molecule has 0 spiro atoms. The first kappa shape index (κ1) is 16.2. The first-order valence-corrected chi connectivity index (χ1v) is 8.66. The first-order valence-electron chi connectivity index (χ1n) is 7.01. The second kappa shape index (κ2) is 7.22. The summed E-state index contributed by atoms with van der Waals surface area (Å²) in [6, 6.07) is 15.3. The van der Waals surface area contributed by atoms with Gasteiger partial charge in [-0.2, -0.15) is 0 Å². The topological polar surface area (TPSA) is 60.4 Å². The highest BCUT2D eigenvalue weighted by molar-refractivity contribution is 7.91. The number of esters is 1. The SMILES string of the molecule is Cc1ccc(C(=O)OCCCS(=O)(=O)c2ccccc2)cc1. The van der Waals surface area contributed by atoms with Gasteiger partial charge >= 0.3 is 5.97 Å². The molecule has 0 aromatic heterocycles. The van der Waals surface area contributed by atoms with Crippen LogP contribution in [-0.4, -0.2) is 26.7 Å². The van der Waals surface area contributed by atoms with Gasteiger partial charge < -0.3 is 4.74 Å². The zero-order chi connectivity index (χ0) is 16.0. The maximum Gasteiger partial charge on any atom is 0.338 e. The van der Waals surface area contributed by atoms with Gasteiger partial charge in [0.15, 0.2) is 9.84 Å². The fourth-order valence-corrected chi connectivity index (χ4v) is 3.24. The fraction of sp³-hybridized carbons (Fsp3) is 0.235. The van der Waals surface area contributed by atoms with E-state index in [1.165, 1.54) is 0 Å². The third-order valence-corrected chi connectivity index (χ3v) is 5.00. The highest BCUT2D eigenvalue weighted by Crippen LogP contribution is 2.11. The van der Waals surface area contributed by atoms with Crippen molar-refractivity contribution in [3.63, 3.8) is 0 Å². The summed E-state index contributed by atoms with van der Waals surface area (Å²) in [4.78, 5) is 12.1. The molecule has 0 aliphatic carbocycles. The van der Waals surface area contributed by atoms with E-state index >= 15 is 0 Å². The third kappa shape index (κ3) is 4.43. The van der Waals surface area contributed by atoms with E-state index in [0.717, 1.165) is 5.56 Å². The van der Waals surface area contributed by atoms with Gasteiger partial charge in [-0.25, -0.2) is 13.2 Å². The lowest BCUT2D eigenvalue weighted by Gasteiger charge is -2.06. The third-order valence-electron chi connectivity index (χ3n) is 3.18. The first-order chi connectivity index (χ1) is 10.5. The molecule has 0 saturated carbocycles. The van der Waals surface area contributed by atoms with Crippen LogP contribution in [0.2, 0.25) is 0 Å². The van der Waals surface area contributed by atoms with Crippen molar-refractivity contribution in [2.45, 2.75) is 18.2 Å². The normalized spacial score (nSPS) is 11.1. The van der Waals surface area contributed by atoms with Gasteiger partial charge in [0.2, 0.25) is 0 Å². The lowest BCUT2D eigenvalue weighted by molar-refractivity contribution is 0.0505. The Kier molecular flexibility index (Phi) is 5.33. The molecule has 2 rings (SSSR count). The second-order valence-corrected chi connectivity index (χ2v) is 7.10. The average Bonchev–Trinajstić information content (AvgIpc) is 2.53. The molecule has 0 fully saturated rings. The lowest BCUT2D eigenvalue weighted by Crippen LogP contribution is -2.12. The van der Waals surface area contributed by atoms with Gasteiger partial charge in [-0.3, -0.25) is 0 Å². The molecule has 0 unspecified atom stereocenters. The number of hydrogen-bond donors (Lipinski definition) is 0. The zero-order valence-electron chi connectivity index (χ0n) is 12.4. The van der Waals surface area contributed by atoms with Crippen LogP contribution in [0.25, 0.3) is 0 Å². The lowest BCUT2D eigenvalue weighted by atomic mass is 10.1. The molecule has 0 radical (unpaired) electrons. The molecule has 5 heteroatoms. The van der Waals surface area contributed by atoms with Crippen molar-refractivity contribution < 1.29 is 17.9 Å². The van der Waals surface area contributed by atoms with E-state index in [0.29, 0.717) is 10.5 Å². The second-order valence-electron chi connectivity index (χ2n) is 4.99. The molecule has 2 aromatic carbocycles. The molecule has 4 nitrogen and oxygen atoms in total. The van der Waals surface area contributed by atoms with E-state index in [4.69, 9.17) is 4.74 Å². The van der Waals surface area contributed by atoms with E-state index in [2.05, 4.69) is 0 Å². The summed E-state index contributed by atoms with van der Waals surface area (Å²) >= 11 is 0.